The molecule has 2 aromatic carbocycles. The van der Waals surface area contributed by atoms with Gasteiger partial charge in [0.15, 0.2) is 0 Å². The summed E-state index contributed by atoms with van der Waals surface area (Å²) in [6, 6.07) is 14.2. The summed E-state index contributed by atoms with van der Waals surface area (Å²) in [7, 11) is 0. The van der Waals surface area contributed by atoms with Crippen molar-refractivity contribution in [3.8, 4) is 11.5 Å². The summed E-state index contributed by atoms with van der Waals surface area (Å²) in [6.07, 6.45) is 0. The molecule has 0 unspecified atom stereocenters. The lowest BCUT2D eigenvalue weighted by Crippen LogP contribution is -2.13. The first kappa shape index (κ1) is 31.4. The molecule has 0 aliphatic carbocycles. The summed E-state index contributed by atoms with van der Waals surface area (Å²) < 4.78 is 12.0. The number of aliphatic imine (C=N–C) groups is 1. The minimum absolute atomic E-state index is 0.0725. The molecule has 0 aromatic heterocycles. The molecule has 0 saturated heterocycles. The lowest BCUT2D eigenvalue weighted by Gasteiger charge is -2.20. The first-order valence-corrected chi connectivity index (χ1v) is 12.7. The Morgan fingerprint density at radius 2 is 1.50 bits per heavy atom. The number of ether oxygens (including phenoxy) is 2. The van der Waals surface area contributed by atoms with E-state index in [9.17, 15) is 0 Å². The van der Waals surface area contributed by atoms with Crippen LogP contribution in [0.1, 0.15) is 91.8 Å². The number of aryl methyl sites for hydroxylation is 1. The maximum absolute atomic E-state index is 6.08. The van der Waals surface area contributed by atoms with Gasteiger partial charge in [-0.05, 0) is 54.0 Å². The van der Waals surface area contributed by atoms with E-state index in [-0.39, 0.29) is 5.41 Å². The first-order valence-electron chi connectivity index (χ1n) is 12.7. The fourth-order valence-corrected chi connectivity index (χ4v) is 3.21. The van der Waals surface area contributed by atoms with Gasteiger partial charge in [-0.25, -0.2) is 0 Å². The summed E-state index contributed by atoms with van der Waals surface area (Å²) in [5.74, 6) is 2.06. The highest BCUT2D eigenvalue weighted by molar-refractivity contribution is 5.83. The van der Waals surface area contributed by atoms with Crippen LogP contribution in [0.3, 0.4) is 0 Å². The van der Waals surface area contributed by atoms with Crippen molar-refractivity contribution in [2.24, 2.45) is 10.4 Å². The van der Waals surface area contributed by atoms with E-state index in [1.165, 1.54) is 16.7 Å². The Hall–Kier alpha value is -2.55. The van der Waals surface area contributed by atoms with Crippen LogP contribution in [0.25, 0.3) is 0 Å². The van der Waals surface area contributed by atoms with Crippen molar-refractivity contribution in [1.82, 2.24) is 0 Å². The molecule has 0 saturated carbocycles. The Morgan fingerprint density at radius 1 is 0.941 bits per heavy atom. The molecule has 0 aliphatic heterocycles. The largest absolute Gasteiger partial charge is 0.489 e. The van der Waals surface area contributed by atoms with Crippen LogP contribution in [-0.4, -0.2) is 18.9 Å². The minimum atomic E-state index is 0.0725. The number of hydrogen-bond acceptors (Lipinski definition) is 3. The summed E-state index contributed by atoms with van der Waals surface area (Å²) in [4.78, 5) is 4.60. The second-order valence-electron chi connectivity index (χ2n) is 9.26. The Kier molecular flexibility index (Phi) is 14.9. The van der Waals surface area contributed by atoms with Gasteiger partial charge in [-0.3, -0.25) is 4.99 Å². The predicted octanol–water partition coefficient (Wildman–Crippen LogP) is 9.19. The number of rotatable bonds is 9. The monoisotopic (exact) mass is 467 g/mol. The molecule has 0 fully saturated rings. The molecule has 0 spiro atoms. The van der Waals surface area contributed by atoms with E-state index >= 15 is 0 Å². The van der Waals surface area contributed by atoms with Crippen molar-refractivity contribution < 1.29 is 9.47 Å². The molecule has 0 atom stereocenters. The van der Waals surface area contributed by atoms with Crippen LogP contribution >= 0.6 is 0 Å². The zero-order valence-electron chi connectivity index (χ0n) is 23.7. The van der Waals surface area contributed by atoms with E-state index in [2.05, 4.69) is 71.3 Å². The molecule has 2 rings (SSSR count). The average molecular weight is 468 g/mol. The van der Waals surface area contributed by atoms with Crippen molar-refractivity contribution in [1.29, 1.82) is 0 Å². The number of benzene rings is 2. The van der Waals surface area contributed by atoms with Gasteiger partial charge in [0.1, 0.15) is 24.7 Å². The highest BCUT2D eigenvalue weighted by Gasteiger charge is 2.14. The fraction of sp³-hybridized carbons (Fsp3) is 0.516. The fourth-order valence-electron chi connectivity index (χ4n) is 3.21. The van der Waals surface area contributed by atoms with Crippen molar-refractivity contribution in [2.75, 3.05) is 13.2 Å². The number of hydrogen-bond donors (Lipinski definition) is 0. The highest BCUT2D eigenvalue weighted by Crippen LogP contribution is 2.26. The second kappa shape index (κ2) is 16.1. The maximum atomic E-state index is 6.08. The molecule has 0 heterocycles. The van der Waals surface area contributed by atoms with Gasteiger partial charge in [0.05, 0.1) is 6.54 Å². The van der Waals surface area contributed by atoms with Gasteiger partial charge in [-0.2, -0.15) is 0 Å². The van der Waals surface area contributed by atoms with Crippen LogP contribution in [0.4, 0.5) is 0 Å². The molecule has 0 N–H and O–H groups in total. The van der Waals surface area contributed by atoms with Crippen LogP contribution < -0.4 is 9.47 Å². The smallest absolute Gasteiger partial charge is 0.126 e. The van der Waals surface area contributed by atoms with E-state index in [0.29, 0.717) is 25.7 Å². The molecule has 0 radical (unpaired) electrons. The highest BCUT2D eigenvalue weighted by atomic mass is 16.5. The van der Waals surface area contributed by atoms with Crippen LogP contribution in [0.15, 0.2) is 59.6 Å². The van der Waals surface area contributed by atoms with E-state index in [1.807, 2.05) is 58.9 Å². The third-order valence-corrected chi connectivity index (χ3v) is 5.24. The molecular weight excluding hydrogens is 418 g/mol. The van der Waals surface area contributed by atoms with Gasteiger partial charge >= 0.3 is 0 Å². The van der Waals surface area contributed by atoms with Crippen LogP contribution in [0, 0.1) is 12.3 Å². The summed E-state index contributed by atoms with van der Waals surface area (Å²) in [5.41, 5.74) is 6.06. The Morgan fingerprint density at radius 3 is 2.06 bits per heavy atom. The maximum Gasteiger partial charge on any atom is 0.126 e. The van der Waals surface area contributed by atoms with E-state index < -0.39 is 0 Å². The lowest BCUT2D eigenvalue weighted by molar-refractivity contribution is 0.300. The molecule has 3 nitrogen and oxygen atoms in total. The van der Waals surface area contributed by atoms with Gasteiger partial charge in [0.2, 0.25) is 0 Å². The predicted molar refractivity (Wildman–Crippen MR) is 151 cm³/mol. The van der Waals surface area contributed by atoms with Crippen LogP contribution in [-0.2, 0) is 6.61 Å². The molecule has 0 bridgehead atoms. The van der Waals surface area contributed by atoms with Crippen molar-refractivity contribution >= 4 is 5.71 Å². The molecule has 190 valence electrons. The molecule has 2 aromatic rings. The summed E-state index contributed by atoms with van der Waals surface area (Å²) >= 11 is 0. The molecule has 3 heteroatoms. The third-order valence-electron chi connectivity index (χ3n) is 5.24. The molecule has 0 aliphatic rings. The van der Waals surface area contributed by atoms with Crippen molar-refractivity contribution in [2.45, 2.75) is 88.7 Å². The summed E-state index contributed by atoms with van der Waals surface area (Å²) in [5, 5.41) is 0. The Labute approximate surface area is 210 Å². The van der Waals surface area contributed by atoms with Crippen molar-refractivity contribution in [3.63, 3.8) is 0 Å². The average Bonchev–Trinajstić information content (AvgIpc) is 2.81. The summed E-state index contributed by atoms with van der Waals surface area (Å²) in [6.45, 7) is 28.8. The Balaban J connectivity index is 0.00000258. The van der Waals surface area contributed by atoms with Crippen LogP contribution in [0.2, 0.25) is 0 Å². The van der Waals surface area contributed by atoms with Gasteiger partial charge < -0.3 is 9.47 Å². The van der Waals surface area contributed by atoms with Gasteiger partial charge in [0.25, 0.3) is 0 Å². The van der Waals surface area contributed by atoms with Gasteiger partial charge in [-0.15, -0.1) is 0 Å². The zero-order chi connectivity index (χ0) is 26.3. The normalized spacial score (nSPS) is 11.1. The lowest BCUT2D eigenvalue weighted by atomic mass is 9.88. The van der Waals surface area contributed by atoms with Gasteiger partial charge in [0, 0.05) is 11.8 Å². The topological polar surface area (TPSA) is 30.8 Å². The zero-order valence-corrected chi connectivity index (χ0v) is 23.7. The second-order valence-corrected chi connectivity index (χ2v) is 9.26. The van der Waals surface area contributed by atoms with E-state index in [1.54, 1.807) is 0 Å². The Bertz CT molecular complexity index is 889. The molecule has 34 heavy (non-hydrogen) atoms. The first-order chi connectivity index (χ1) is 16.1. The quantitative estimate of drug-likeness (QED) is 0.272. The van der Waals surface area contributed by atoms with Crippen LogP contribution in [0.5, 0.6) is 11.5 Å². The van der Waals surface area contributed by atoms with Crippen molar-refractivity contribution in [3.05, 3.63) is 71.3 Å². The standard InChI is InChI=1S/C27H37NO2.2C2H6/c1-19(2)26-20(3)11-9-12-23(26)18-30-25-14-10-13-24(15-25)29-17-22(5)28-16-21(4)27(6,7)8;2*1-2/h9-15,19H,4,16-18H2,1-3,5-8H3;2*1-2H3. The van der Waals surface area contributed by atoms with E-state index in [0.717, 1.165) is 22.8 Å². The number of nitrogens with zero attached hydrogens (tertiary/aromatic N) is 1. The third kappa shape index (κ3) is 11.0. The van der Waals surface area contributed by atoms with Gasteiger partial charge in [-0.1, -0.05) is 98.7 Å². The molecular formula is C31H49NO2. The molecule has 0 amide bonds. The minimum Gasteiger partial charge on any atom is -0.489 e. The SMILES string of the molecule is C=C(CN=C(C)COc1cccc(OCc2cccc(C)c2C(C)C)c1)C(C)(C)C.CC.CC. The van der Waals surface area contributed by atoms with E-state index in [4.69, 9.17) is 9.47 Å².